The van der Waals surface area contributed by atoms with E-state index >= 15 is 0 Å². The lowest BCUT2D eigenvalue weighted by molar-refractivity contribution is 0.601. The van der Waals surface area contributed by atoms with Crippen molar-refractivity contribution in [2.24, 2.45) is 14.1 Å². The molecule has 0 saturated carbocycles. The highest BCUT2D eigenvalue weighted by Gasteiger charge is 2.18. The first-order valence-electron chi connectivity index (χ1n) is 8.25. The van der Waals surface area contributed by atoms with Crippen molar-refractivity contribution in [3.8, 4) is 11.3 Å². The molecular formula is C18H18N6O2S. The van der Waals surface area contributed by atoms with Crippen molar-refractivity contribution in [1.29, 1.82) is 0 Å². The molecule has 0 atom stereocenters. The van der Waals surface area contributed by atoms with Crippen molar-refractivity contribution < 1.29 is 8.42 Å². The Morgan fingerprint density at radius 2 is 1.74 bits per heavy atom. The Morgan fingerprint density at radius 1 is 0.963 bits per heavy atom. The Morgan fingerprint density at radius 3 is 2.41 bits per heavy atom. The van der Waals surface area contributed by atoms with E-state index in [-0.39, 0.29) is 4.90 Å². The summed E-state index contributed by atoms with van der Waals surface area (Å²) in [7, 11) is -0.159. The van der Waals surface area contributed by atoms with Gasteiger partial charge in [0.1, 0.15) is 4.90 Å². The summed E-state index contributed by atoms with van der Waals surface area (Å²) in [6.07, 6.45) is 4.76. The van der Waals surface area contributed by atoms with Gasteiger partial charge in [-0.1, -0.05) is 12.1 Å². The molecule has 9 heteroatoms. The Bertz CT molecular complexity index is 1240. The first kappa shape index (κ1) is 17.2. The van der Waals surface area contributed by atoms with Gasteiger partial charge in [-0.3, -0.25) is 19.1 Å². The zero-order valence-corrected chi connectivity index (χ0v) is 15.9. The van der Waals surface area contributed by atoms with E-state index in [9.17, 15) is 8.42 Å². The van der Waals surface area contributed by atoms with Gasteiger partial charge in [0.2, 0.25) is 0 Å². The molecule has 0 aliphatic carbocycles. The molecule has 3 heterocycles. The van der Waals surface area contributed by atoms with Gasteiger partial charge in [0, 0.05) is 36.9 Å². The van der Waals surface area contributed by atoms with Crippen molar-refractivity contribution in [1.82, 2.24) is 24.5 Å². The van der Waals surface area contributed by atoms with Crippen molar-refractivity contribution in [2.45, 2.75) is 11.8 Å². The minimum Gasteiger partial charge on any atom is -0.277 e. The molecule has 0 fully saturated rings. The summed E-state index contributed by atoms with van der Waals surface area (Å²) in [5.41, 5.74) is 3.69. The van der Waals surface area contributed by atoms with Crippen LogP contribution in [0.4, 0.5) is 5.69 Å². The summed E-state index contributed by atoms with van der Waals surface area (Å²) < 4.78 is 31.6. The van der Waals surface area contributed by atoms with E-state index in [0.29, 0.717) is 11.4 Å². The lowest BCUT2D eigenvalue weighted by Gasteiger charge is -2.10. The lowest BCUT2D eigenvalue weighted by Crippen LogP contribution is -2.14. The van der Waals surface area contributed by atoms with Crippen molar-refractivity contribution in [2.75, 3.05) is 4.72 Å². The zero-order chi connectivity index (χ0) is 19.2. The van der Waals surface area contributed by atoms with Gasteiger partial charge in [-0.15, -0.1) is 0 Å². The van der Waals surface area contributed by atoms with Gasteiger partial charge in [0.05, 0.1) is 29.3 Å². The number of benzene rings is 1. The molecule has 1 aromatic carbocycles. The van der Waals surface area contributed by atoms with Crippen LogP contribution in [0.5, 0.6) is 0 Å². The number of fused-ring (bicyclic) bond motifs is 1. The molecule has 1 N–H and O–H groups in total. The molecule has 0 saturated heterocycles. The van der Waals surface area contributed by atoms with Gasteiger partial charge < -0.3 is 0 Å². The Hall–Kier alpha value is -3.20. The number of nitrogens with one attached hydrogen (secondary N) is 1. The van der Waals surface area contributed by atoms with Gasteiger partial charge in [0.25, 0.3) is 10.0 Å². The van der Waals surface area contributed by atoms with E-state index in [0.717, 1.165) is 22.2 Å². The Labute approximate surface area is 156 Å². The normalized spacial score (nSPS) is 11.8. The van der Waals surface area contributed by atoms with E-state index in [2.05, 4.69) is 19.9 Å². The van der Waals surface area contributed by atoms with E-state index in [1.54, 1.807) is 53.1 Å². The molecule has 0 spiro atoms. The number of nitrogens with zero attached hydrogens (tertiary/aromatic N) is 5. The van der Waals surface area contributed by atoms with Crippen LogP contribution < -0.4 is 4.72 Å². The number of rotatable bonds is 4. The van der Waals surface area contributed by atoms with E-state index in [1.165, 1.54) is 6.20 Å². The lowest BCUT2D eigenvalue weighted by atomic mass is 10.2. The van der Waals surface area contributed by atoms with Crippen LogP contribution in [0.25, 0.3) is 22.2 Å². The number of anilines is 1. The molecule has 0 amide bonds. The third-order valence-corrected chi connectivity index (χ3v) is 5.91. The van der Waals surface area contributed by atoms with Gasteiger partial charge in [-0.25, -0.2) is 8.42 Å². The van der Waals surface area contributed by atoms with Crippen LogP contribution in [-0.4, -0.2) is 33.0 Å². The van der Waals surface area contributed by atoms with E-state index in [4.69, 9.17) is 0 Å². The van der Waals surface area contributed by atoms with Crippen LogP contribution in [0, 0.1) is 6.92 Å². The van der Waals surface area contributed by atoms with Gasteiger partial charge in [0.15, 0.2) is 0 Å². The van der Waals surface area contributed by atoms with Crippen LogP contribution in [-0.2, 0) is 24.1 Å². The number of hydrogen-bond donors (Lipinski definition) is 1. The number of para-hydroxylation sites is 1. The van der Waals surface area contributed by atoms with Crippen LogP contribution in [0.3, 0.4) is 0 Å². The second kappa shape index (κ2) is 6.20. The van der Waals surface area contributed by atoms with Gasteiger partial charge in [-0.05, 0) is 25.1 Å². The first-order chi connectivity index (χ1) is 12.9. The third-order valence-electron chi connectivity index (χ3n) is 4.56. The van der Waals surface area contributed by atoms with Crippen LogP contribution >= 0.6 is 0 Å². The largest absolute Gasteiger partial charge is 0.277 e. The number of hydrogen-bond acceptors (Lipinski definition) is 5. The van der Waals surface area contributed by atoms with E-state index in [1.807, 2.05) is 20.0 Å². The third kappa shape index (κ3) is 2.95. The maximum atomic E-state index is 12.8. The molecule has 4 aromatic rings. The zero-order valence-electron chi connectivity index (χ0n) is 15.1. The second-order valence-corrected chi connectivity index (χ2v) is 7.95. The summed E-state index contributed by atoms with van der Waals surface area (Å²) in [6.45, 7) is 1.94. The summed E-state index contributed by atoms with van der Waals surface area (Å²) in [5, 5.41) is 9.23. The molecule has 4 rings (SSSR count). The molecule has 8 nitrogen and oxygen atoms in total. The fourth-order valence-electron chi connectivity index (χ4n) is 2.97. The maximum Gasteiger partial charge on any atom is 0.263 e. The summed E-state index contributed by atoms with van der Waals surface area (Å²) in [5.74, 6) is 0. The summed E-state index contributed by atoms with van der Waals surface area (Å²) in [4.78, 5) is 4.40. The average Bonchev–Trinajstić information content (AvgIpc) is 3.19. The minimum absolute atomic E-state index is 0.0898. The highest BCUT2D eigenvalue weighted by Crippen LogP contribution is 2.26. The minimum atomic E-state index is -3.78. The first-order valence-corrected chi connectivity index (χ1v) is 9.74. The Balaban J connectivity index is 1.68. The quantitative estimate of drug-likeness (QED) is 0.585. The molecule has 3 aromatic heterocycles. The summed E-state index contributed by atoms with van der Waals surface area (Å²) >= 11 is 0. The fraction of sp³-hybridized carbons (Fsp3) is 0.167. The number of aryl methyl sites for hydroxylation is 2. The van der Waals surface area contributed by atoms with Gasteiger partial charge in [-0.2, -0.15) is 10.2 Å². The second-order valence-electron chi connectivity index (χ2n) is 6.26. The predicted molar refractivity (Wildman–Crippen MR) is 103 cm³/mol. The Kier molecular flexibility index (Phi) is 3.96. The monoisotopic (exact) mass is 382 g/mol. The standard InChI is InChI=1S/C18H18N6O2S/c1-12-15(11-21-23(12)2)16-8-7-14(10-19-16)27(25,26)22-17-6-4-5-13-9-20-24(3)18(13)17/h4-11,22H,1-3H3. The number of pyridine rings is 1. The molecule has 0 radical (unpaired) electrons. The molecule has 27 heavy (non-hydrogen) atoms. The molecule has 0 aliphatic rings. The molecule has 138 valence electrons. The fourth-order valence-corrected chi connectivity index (χ4v) is 3.98. The number of aromatic nitrogens is 5. The molecule has 0 unspecified atom stereocenters. The predicted octanol–water partition coefficient (Wildman–Crippen LogP) is 2.48. The number of sulfonamides is 1. The van der Waals surface area contributed by atoms with Crippen LogP contribution in [0.2, 0.25) is 0 Å². The topological polar surface area (TPSA) is 94.7 Å². The SMILES string of the molecule is Cc1c(-c2ccc(S(=O)(=O)Nc3cccc4cnn(C)c34)cn2)cnn1C. The molecular weight excluding hydrogens is 364 g/mol. The van der Waals surface area contributed by atoms with Crippen molar-refractivity contribution in [3.63, 3.8) is 0 Å². The van der Waals surface area contributed by atoms with E-state index < -0.39 is 10.0 Å². The van der Waals surface area contributed by atoms with Crippen LogP contribution in [0.1, 0.15) is 5.69 Å². The highest BCUT2D eigenvalue weighted by molar-refractivity contribution is 7.92. The summed E-state index contributed by atoms with van der Waals surface area (Å²) in [6, 6.07) is 8.60. The molecule has 0 aliphatic heterocycles. The average molecular weight is 382 g/mol. The maximum absolute atomic E-state index is 12.8. The highest BCUT2D eigenvalue weighted by atomic mass is 32.2. The molecule has 0 bridgehead atoms. The van der Waals surface area contributed by atoms with Crippen LogP contribution in [0.15, 0.2) is 53.8 Å². The van der Waals surface area contributed by atoms with Gasteiger partial charge >= 0.3 is 0 Å². The smallest absolute Gasteiger partial charge is 0.263 e. The van der Waals surface area contributed by atoms with Crippen molar-refractivity contribution >= 4 is 26.6 Å². The van der Waals surface area contributed by atoms with Crippen molar-refractivity contribution in [3.05, 3.63) is 54.6 Å².